The van der Waals surface area contributed by atoms with Crippen molar-refractivity contribution < 1.29 is 18.3 Å². The van der Waals surface area contributed by atoms with Crippen LogP contribution in [0.3, 0.4) is 0 Å². The smallest absolute Gasteiger partial charge is 0.264 e. The number of halogens is 1. The number of hydrogen-bond acceptors (Lipinski definition) is 5. The minimum absolute atomic E-state index is 0.00312. The second-order valence-corrected chi connectivity index (χ2v) is 9.38. The number of para-hydroxylation sites is 1. The average Bonchev–Trinajstić information content (AvgIpc) is 2.75. The zero-order valence-electron chi connectivity index (χ0n) is 17.5. The van der Waals surface area contributed by atoms with Crippen molar-refractivity contribution in [2.45, 2.75) is 18.7 Å². The van der Waals surface area contributed by atoms with Crippen molar-refractivity contribution in [3.63, 3.8) is 0 Å². The molecule has 2 N–H and O–H groups in total. The van der Waals surface area contributed by atoms with E-state index in [-0.39, 0.29) is 16.3 Å². The molecule has 32 heavy (non-hydrogen) atoms. The highest BCUT2D eigenvalue weighted by atomic mass is 35.5. The number of phenols is 1. The molecule has 0 heterocycles. The van der Waals surface area contributed by atoms with Crippen LogP contribution in [0.5, 0.6) is 5.75 Å². The Morgan fingerprint density at radius 2 is 1.78 bits per heavy atom. The van der Waals surface area contributed by atoms with Crippen LogP contribution in [0.4, 0.5) is 5.69 Å². The van der Waals surface area contributed by atoms with Gasteiger partial charge in [0.05, 0.1) is 16.8 Å². The van der Waals surface area contributed by atoms with Crippen molar-refractivity contribution in [2.24, 2.45) is 5.10 Å². The predicted octanol–water partition coefficient (Wildman–Crippen LogP) is 4.01. The Balaban J connectivity index is 1.88. The summed E-state index contributed by atoms with van der Waals surface area (Å²) in [4.78, 5) is 12.6. The summed E-state index contributed by atoms with van der Waals surface area (Å²) >= 11 is 6.21. The molecule has 0 aromatic heterocycles. The van der Waals surface area contributed by atoms with Crippen LogP contribution in [-0.4, -0.2) is 32.2 Å². The van der Waals surface area contributed by atoms with Gasteiger partial charge in [-0.3, -0.25) is 9.10 Å². The first kappa shape index (κ1) is 23.3. The molecule has 3 aromatic rings. The van der Waals surface area contributed by atoms with E-state index < -0.39 is 22.5 Å². The minimum Gasteiger partial charge on any atom is -0.507 e. The van der Waals surface area contributed by atoms with E-state index >= 15 is 0 Å². The van der Waals surface area contributed by atoms with Crippen molar-refractivity contribution in [1.82, 2.24) is 5.43 Å². The summed E-state index contributed by atoms with van der Waals surface area (Å²) in [5.41, 5.74) is 4.64. The molecule has 0 spiro atoms. The lowest BCUT2D eigenvalue weighted by Gasteiger charge is -2.24. The number of carbonyl (C=O) groups excluding carboxylic acids is 1. The molecule has 7 nitrogen and oxygen atoms in total. The van der Waals surface area contributed by atoms with Gasteiger partial charge < -0.3 is 5.11 Å². The Morgan fingerprint density at radius 1 is 1.09 bits per heavy atom. The number of rotatable bonds is 7. The maximum atomic E-state index is 13.3. The van der Waals surface area contributed by atoms with E-state index in [1.807, 2.05) is 6.92 Å². The third-order valence-electron chi connectivity index (χ3n) is 4.67. The molecule has 3 aromatic carbocycles. The Hall–Kier alpha value is -3.36. The number of amides is 1. The minimum atomic E-state index is -4.06. The number of sulfonamides is 1. The van der Waals surface area contributed by atoms with Crippen LogP contribution in [0.1, 0.15) is 16.7 Å². The van der Waals surface area contributed by atoms with Crippen molar-refractivity contribution >= 4 is 39.4 Å². The molecule has 0 aliphatic rings. The molecule has 0 saturated carbocycles. The number of hydrogen-bond donors (Lipinski definition) is 2. The largest absolute Gasteiger partial charge is 0.507 e. The van der Waals surface area contributed by atoms with Gasteiger partial charge >= 0.3 is 0 Å². The first-order chi connectivity index (χ1) is 15.2. The first-order valence-corrected chi connectivity index (χ1v) is 11.5. The molecule has 9 heteroatoms. The SMILES string of the molecule is Cc1ccc(S(=O)(=O)N(CC(=O)N/N=C\c2ccccc2O)c2ccc(C)c(Cl)c2)cc1. The lowest BCUT2D eigenvalue weighted by molar-refractivity contribution is -0.119. The Bertz CT molecular complexity index is 1260. The van der Waals surface area contributed by atoms with Gasteiger partial charge in [-0.1, -0.05) is 47.5 Å². The molecule has 0 unspecified atom stereocenters. The number of aryl methyl sites for hydroxylation is 2. The zero-order valence-corrected chi connectivity index (χ0v) is 19.1. The summed E-state index contributed by atoms with van der Waals surface area (Å²) in [5, 5.41) is 14.0. The summed E-state index contributed by atoms with van der Waals surface area (Å²) < 4.78 is 27.7. The van der Waals surface area contributed by atoms with Gasteiger partial charge in [0, 0.05) is 10.6 Å². The molecule has 0 atom stereocenters. The van der Waals surface area contributed by atoms with Crippen LogP contribution < -0.4 is 9.73 Å². The molecule has 0 fully saturated rings. The van der Waals surface area contributed by atoms with Crippen molar-refractivity contribution in [3.05, 3.63) is 88.4 Å². The number of nitrogens with one attached hydrogen (secondary N) is 1. The Kier molecular flexibility index (Phi) is 7.17. The molecular formula is C23H22ClN3O4S. The molecule has 166 valence electrons. The molecule has 3 rings (SSSR count). The quantitative estimate of drug-likeness (QED) is 0.401. The summed E-state index contributed by atoms with van der Waals surface area (Å²) in [5.74, 6) is -0.660. The van der Waals surface area contributed by atoms with Crippen molar-refractivity contribution in [2.75, 3.05) is 10.8 Å². The zero-order chi connectivity index (χ0) is 23.3. The van der Waals surface area contributed by atoms with E-state index in [1.165, 1.54) is 30.5 Å². The maximum absolute atomic E-state index is 13.3. The highest BCUT2D eigenvalue weighted by Gasteiger charge is 2.27. The third-order valence-corrected chi connectivity index (χ3v) is 6.86. The molecule has 0 aliphatic carbocycles. The van der Waals surface area contributed by atoms with Crippen LogP contribution in [0.25, 0.3) is 0 Å². The van der Waals surface area contributed by atoms with E-state index in [4.69, 9.17) is 11.6 Å². The lowest BCUT2D eigenvalue weighted by atomic mass is 10.2. The first-order valence-electron chi connectivity index (χ1n) is 9.64. The number of nitrogens with zero attached hydrogens (tertiary/aromatic N) is 2. The van der Waals surface area contributed by atoms with Crippen LogP contribution in [0.15, 0.2) is 76.7 Å². The second-order valence-electron chi connectivity index (χ2n) is 7.11. The van der Waals surface area contributed by atoms with Gasteiger partial charge in [-0.05, 0) is 55.8 Å². The summed E-state index contributed by atoms with van der Waals surface area (Å²) in [7, 11) is -4.06. The van der Waals surface area contributed by atoms with E-state index in [0.29, 0.717) is 10.6 Å². The monoisotopic (exact) mass is 471 g/mol. The second kappa shape index (κ2) is 9.84. The molecule has 0 saturated heterocycles. The number of anilines is 1. The van der Waals surface area contributed by atoms with Gasteiger partial charge in [0.25, 0.3) is 15.9 Å². The standard InChI is InChI=1S/C23H22ClN3O4S/c1-16-7-11-20(12-8-16)32(30,31)27(19-10-9-17(2)21(24)13-19)15-23(29)26-25-14-18-5-3-4-6-22(18)28/h3-14,28H,15H2,1-2H3,(H,26,29)/b25-14-. The summed E-state index contributed by atoms with van der Waals surface area (Å²) in [6.45, 7) is 3.13. The fourth-order valence-electron chi connectivity index (χ4n) is 2.83. The van der Waals surface area contributed by atoms with Gasteiger partial charge in [0.15, 0.2) is 0 Å². The van der Waals surface area contributed by atoms with Crippen LogP contribution in [0.2, 0.25) is 5.02 Å². The molecular weight excluding hydrogens is 450 g/mol. The van der Waals surface area contributed by atoms with Crippen LogP contribution >= 0.6 is 11.6 Å². The van der Waals surface area contributed by atoms with E-state index in [1.54, 1.807) is 49.4 Å². The van der Waals surface area contributed by atoms with Crippen LogP contribution in [0, 0.1) is 13.8 Å². The van der Waals surface area contributed by atoms with Crippen LogP contribution in [-0.2, 0) is 14.8 Å². The lowest BCUT2D eigenvalue weighted by Crippen LogP contribution is -2.39. The number of phenolic OH excluding ortho intramolecular Hbond substituents is 1. The molecule has 0 bridgehead atoms. The van der Waals surface area contributed by atoms with Gasteiger partial charge in [0.2, 0.25) is 0 Å². The third kappa shape index (κ3) is 5.46. The average molecular weight is 472 g/mol. The summed E-state index contributed by atoms with van der Waals surface area (Å²) in [6, 6.07) is 17.6. The number of carbonyl (C=O) groups is 1. The number of aromatic hydroxyl groups is 1. The van der Waals surface area contributed by atoms with E-state index in [0.717, 1.165) is 15.4 Å². The fourth-order valence-corrected chi connectivity index (χ4v) is 4.41. The normalized spacial score (nSPS) is 11.5. The highest BCUT2D eigenvalue weighted by molar-refractivity contribution is 7.92. The number of hydrazone groups is 1. The van der Waals surface area contributed by atoms with Gasteiger partial charge in [0.1, 0.15) is 12.3 Å². The Labute approximate surface area is 192 Å². The van der Waals surface area contributed by atoms with Gasteiger partial charge in [-0.15, -0.1) is 0 Å². The molecule has 0 radical (unpaired) electrons. The van der Waals surface area contributed by atoms with E-state index in [9.17, 15) is 18.3 Å². The topological polar surface area (TPSA) is 99.1 Å². The summed E-state index contributed by atoms with van der Waals surface area (Å²) in [6.07, 6.45) is 1.27. The van der Waals surface area contributed by atoms with Crippen molar-refractivity contribution in [1.29, 1.82) is 0 Å². The predicted molar refractivity (Wildman–Crippen MR) is 126 cm³/mol. The fraction of sp³-hybridized carbons (Fsp3) is 0.130. The van der Waals surface area contributed by atoms with E-state index in [2.05, 4.69) is 10.5 Å². The van der Waals surface area contributed by atoms with Crippen molar-refractivity contribution in [3.8, 4) is 5.75 Å². The molecule has 0 aliphatic heterocycles. The van der Waals surface area contributed by atoms with Gasteiger partial charge in [-0.2, -0.15) is 5.10 Å². The number of benzene rings is 3. The highest BCUT2D eigenvalue weighted by Crippen LogP contribution is 2.28. The Morgan fingerprint density at radius 3 is 2.44 bits per heavy atom. The van der Waals surface area contributed by atoms with Gasteiger partial charge in [-0.25, -0.2) is 13.8 Å². The maximum Gasteiger partial charge on any atom is 0.264 e. The molecule has 1 amide bonds.